The van der Waals surface area contributed by atoms with Crippen LogP contribution in [0.5, 0.6) is 0 Å². The van der Waals surface area contributed by atoms with Crippen LogP contribution < -0.4 is 10.6 Å². The molecule has 1 saturated heterocycles. The lowest BCUT2D eigenvalue weighted by atomic mass is 9.74. The Bertz CT molecular complexity index is 571. The Kier molecular flexibility index (Phi) is 4.59. The Morgan fingerprint density at radius 1 is 1.52 bits per heavy atom. The summed E-state index contributed by atoms with van der Waals surface area (Å²) in [4.78, 5) is 12.5. The van der Waals surface area contributed by atoms with E-state index in [4.69, 9.17) is 5.26 Å². The van der Waals surface area contributed by atoms with Gasteiger partial charge in [-0.05, 0) is 50.0 Å². The van der Waals surface area contributed by atoms with E-state index in [9.17, 15) is 9.18 Å². The second kappa shape index (κ2) is 6.23. The number of nitrogens with one attached hydrogen (secondary N) is 2. The molecule has 2 rings (SSSR count). The molecule has 1 aromatic rings. The van der Waals surface area contributed by atoms with Gasteiger partial charge in [0.2, 0.25) is 5.91 Å². The molecule has 21 heavy (non-hydrogen) atoms. The lowest BCUT2D eigenvalue weighted by Crippen LogP contribution is -2.44. The molecule has 1 heterocycles. The normalized spacial score (nSPS) is 18.9. The Balaban J connectivity index is 2.11. The number of anilines is 1. The van der Waals surface area contributed by atoms with Gasteiger partial charge >= 0.3 is 0 Å². The summed E-state index contributed by atoms with van der Waals surface area (Å²) < 4.78 is 13.3. The Morgan fingerprint density at radius 2 is 2.29 bits per heavy atom. The molecule has 112 valence electrons. The minimum absolute atomic E-state index is 0.0649. The Labute approximate surface area is 124 Å². The summed E-state index contributed by atoms with van der Waals surface area (Å²) in [5, 5.41) is 14.9. The summed E-state index contributed by atoms with van der Waals surface area (Å²) in [7, 11) is 0. The van der Waals surface area contributed by atoms with Gasteiger partial charge in [0.15, 0.2) is 0 Å². The van der Waals surface area contributed by atoms with Crippen LogP contribution in [0.4, 0.5) is 10.1 Å². The number of nitrogens with zero attached hydrogens (tertiary/aromatic N) is 1. The summed E-state index contributed by atoms with van der Waals surface area (Å²) >= 11 is 0. The van der Waals surface area contributed by atoms with E-state index in [1.54, 1.807) is 6.07 Å². The highest BCUT2D eigenvalue weighted by molar-refractivity contribution is 5.95. The van der Waals surface area contributed by atoms with Gasteiger partial charge in [-0.15, -0.1) is 0 Å². The molecule has 0 bridgehead atoms. The molecule has 0 spiro atoms. The van der Waals surface area contributed by atoms with Crippen LogP contribution in [0.2, 0.25) is 0 Å². The van der Waals surface area contributed by atoms with Crippen molar-refractivity contribution in [2.24, 2.45) is 11.3 Å². The lowest BCUT2D eigenvalue weighted by molar-refractivity contribution is -0.127. The van der Waals surface area contributed by atoms with Crippen LogP contribution >= 0.6 is 0 Å². The number of carbonyl (C=O) groups excluding carboxylic acids is 1. The third kappa shape index (κ3) is 3.40. The van der Waals surface area contributed by atoms with Crippen LogP contribution in [0.25, 0.3) is 0 Å². The van der Waals surface area contributed by atoms with Crippen molar-refractivity contribution >= 4 is 11.6 Å². The molecular formula is C16H20FN3O. The highest BCUT2D eigenvalue weighted by atomic mass is 19.1. The van der Waals surface area contributed by atoms with Crippen molar-refractivity contribution in [3.63, 3.8) is 0 Å². The van der Waals surface area contributed by atoms with E-state index in [-0.39, 0.29) is 17.4 Å². The van der Waals surface area contributed by atoms with Gasteiger partial charge in [-0.25, -0.2) is 4.39 Å². The standard InChI is InChI=1S/C16H20FN3O/c1-16(2,12-4-3-7-19-10-12)15(21)20-13-5-6-14(17)11(8-13)9-18/h5-6,8,12,19H,3-4,7,10H2,1-2H3,(H,20,21). The molecule has 0 aliphatic carbocycles. The molecule has 1 aliphatic heterocycles. The van der Waals surface area contributed by atoms with E-state index in [1.807, 2.05) is 13.8 Å². The van der Waals surface area contributed by atoms with Gasteiger partial charge < -0.3 is 10.6 Å². The Morgan fingerprint density at radius 3 is 2.90 bits per heavy atom. The fourth-order valence-electron chi connectivity index (χ4n) is 2.63. The summed E-state index contributed by atoms with van der Waals surface area (Å²) in [5.41, 5.74) is -0.131. The third-order valence-corrected chi connectivity index (χ3v) is 4.25. The van der Waals surface area contributed by atoms with Gasteiger partial charge in [0.05, 0.1) is 5.56 Å². The van der Waals surface area contributed by atoms with Gasteiger partial charge in [-0.1, -0.05) is 13.8 Å². The van der Waals surface area contributed by atoms with Crippen LogP contribution in [-0.4, -0.2) is 19.0 Å². The fraction of sp³-hybridized carbons (Fsp3) is 0.500. The zero-order valence-electron chi connectivity index (χ0n) is 12.4. The highest BCUT2D eigenvalue weighted by Crippen LogP contribution is 2.33. The van der Waals surface area contributed by atoms with Crippen molar-refractivity contribution in [1.29, 1.82) is 5.26 Å². The number of rotatable bonds is 3. The number of nitriles is 1. The number of piperidine rings is 1. The number of halogens is 1. The van der Waals surface area contributed by atoms with Crippen LogP contribution in [0.1, 0.15) is 32.3 Å². The fourth-order valence-corrected chi connectivity index (χ4v) is 2.63. The number of hydrogen-bond acceptors (Lipinski definition) is 3. The van der Waals surface area contributed by atoms with Crippen LogP contribution in [-0.2, 0) is 4.79 Å². The Hall–Kier alpha value is -1.93. The maximum Gasteiger partial charge on any atom is 0.230 e. The first-order chi connectivity index (χ1) is 9.95. The average molecular weight is 289 g/mol. The number of benzene rings is 1. The number of hydrogen-bond donors (Lipinski definition) is 2. The van der Waals surface area contributed by atoms with Crippen molar-refractivity contribution in [3.05, 3.63) is 29.6 Å². The summed E-state index contributed by atoms with van der Waals surface area (Å²) in [6.07, 6.45) is 2.08. The van der Waals surface area contributed by atoms with Gasteiger partial charge in [0, 0.05) is 11.1 Å². The first-order valence-electron chi connectivity index (χ1n) is 7.17. The quantitative estimate of drug-likeness (QED) is 0.899. The summed E-state index contributed by atoms with van der Waals surface area (Å²) in [6, 6.07) is 5.81. The van der Waals surface area contributed by atoms with Gasteiger partial charge in [0.1, 0.15) is 11.9 Å². The highest BCUT2D eigenvalue weighted by Gasteiger charge is 2.37. The molecule has 1 aromatic carbocycles. The summed E-state index contributed by atoms with van der Waals surface area (Å²) in [6.45, 7) is 5.68. The van der Waals surface area contributed by atoms with Gasteiger partial charge in [-0.2, -0.15) is 5.26 Å². The van der Waals surface area contributed by atoms with Crippen LogP contribution in [0.3, 0.4) is 0 Å². The topological polar surface area (TPSA) is 64.9 Å². The van der Waals surface area contributed by atoms with Crippen LogP contribution in [0, 0.1) is 28.5 Å². The minimum atomic E-state index is -0.578. The molecule has 1 unspecified atom stereocenters. The van der Waals surface area contributed by atoms with E-state index in [0.717, 1.165) is 25.9 Å². The SMILES string of the molecule is CC(C)(C(=O)Nc1ccc(F)c(C#N)c1)C1CCCNC1. The molecule has 1 aliphatic rings. The molecule has 4 nitrogen and oxygen atoms in total. The zero-order chi connectivity index (χ0) is 15.5. The van der Waals surface area contributed by atoms with Gasteiger partial charge in [0.25, 0.3) is 0 Å². The lowest BCUT2D eigenvalue weighted by Gasteiger charge is -2.36. The van der Waals surface area contributed by atoms with Crippen LogP contribution in [0.15, 0.2) is 18.2 Å². The predicted octanol–water partition coefficient (Wildman–Crippen LogP) is 2.66. The second-order valence-corrected chi connectivity index (χ2v) is 6.03. The van der Waals surface area contributed by atoms with Crippen molar-refractivity contribution in [1.82, 2.24) is 5.32 Å². The maximum atomic E-state index is 13.3. The van der Waals surface area contributed by atoms with E-state index >= 15 is 0 Å². The third-order valence-electron chi connectivity index (χ3n) is 4.25. The molecule has 2 N–H and O–H groups in total. The number of amides is 1. The monoisotopic (exact) mass is 289 g/mol. The van der Waals surface area contributed by atoms with Crippen molar-refractivity contribution in [2.75, 3.05) is 18.4 Å². The van der Waals surface area contributed by atoms with E-state index in [0.29, 0.717) is 5.69 Å². The van der Waals surface area contributed by atoms with Crippen molar-refractivity contribution < 1.29 is 9.18 Å². The van der Waals surface area contributed by atoms with Crippen molar-refractivity contribution in [2.45, 2.75) is 26.7 Å². The largest absolute Gasteiger partial charge is 0.326 e. The maximum absolute atomic E-state index is 13.3. The van der Waals surface area contributed by atoms with E-state index in [1.165, 1.54) is 18.2 Å². The van der Waals surface area contributed by atoms with E-state index in [2.05, 4.69) is 10.6 Å². The molecule has 1 amide bonds. The zero-order valence-corrected chi connectivity index (χ0v) is 12.4. The molecule has 5 heteroatoms. The first-order valence-corrected chi connectivity index (χ1v) is 7.17. The number of carbonyl (C=O) groups is 1. The second-order valence-electron chi connectivity index (χ2n) is 6.03. The molecule has 0 saturated carbocycles. The molecule has 0 aromatic heterocycles. The smallest absolute Gasteiger partial charge is 0.230 e. The van der Waals surface area contributed by atoms with Crippen molar-refractivity contribution in [3.8, 4) is 6.07 Å². The first kappa shape index (κ1) is 15.5. The molecular weight excluding hydrogens is 269 g/mol. The molecule has 1 atom stereocenters. The average Bonchev–Trinajstić information content (AvgIpc) is 2.50. The molecule has 0 radical (unpaired) electrons. The summed E-state index contributed by atoms with van der Waals surface area (Å²) in [5.74, 6) is -0.417. The van der Waals surface area contributed by atoms with E-state index < -0.39 is 11.2 Å². The minimum Gasteiger partial charge on any atom is -0.326 e. The predicted molar refractivity (Wildman–Crippen MR) is 79.1 cm³/mol. The molecule has 1 fully saturated rings. The van der Waals surface area contributed by atoms with Gasteiger partial charge in [-0.3, -0.25) is 4.79 Å².